The number of hydrogen-bond donors (Lipinski definition) is 1. The molecule has 9 nitrogen and oxygen atoms in total. The molecule has 1 atom stereocenters. The number of nitrogens with one attached hydrogen (secondary N) is 1. The molecule has 3 aromatic heterocycles. The van der Waals surface area contributed by atoms with Crippen molar-refractivity contribution in [1.29, 1.82) is 0 Å². The van der Waals surface area contributed by atoms with Crippen LogP contribution in [0.25, 0.3) is 44.4 Å². The van der Waals surface area contributed by atoms with Gasteiger partial charge in [-0.1, -0.05) is 12.1 Å². The molecule has 206 valence electrons. The summed E-state index contributed by atoms with van der Waals surface area (Å²) in [5.74, 6) is 0.571. The van der Waals surface area contributed by atoms with E-state index in [1.807, 2.05) is 22.0 Å². The first kappa shape index (κ1) is 25.0. The molecule has 2 aromatic carbocycles. The van der Waals surface area contributed by atoms with Crippen molar-refractivity contribution in [2.24, 2.45) is 0 Å². The smallest absolute Gasteiger partial charge is 0.291 e. The van der Waals surface area contributed by atoms with Gasteiger partial charge < -0.3 is 19.0 Å². The maximum absolute atomic E-state index is 13.3. The lowest BCUT2D eigenvalue weighted by molar-refractivity contribution is -0.0366. The number of oxazole rings is 1. The highest BCUT2D eigenvalue weighted by atomic mass is 16.5. The summed E-state index contributed by atoms with van der Waals surface area (Å²) >= 11 is 0. The van der Waals surface area contributed by atoms with Crippen LogP contribution in [0.15, 0.2) is 59.4 Å². The number of carbonyl (C=O) groups excluding carboxylic acids is 1. The number of H-pyrrole nitrogens is 1. The third-order valence-electron chi connectivity index (χ3n) is 8.33. The minimum absolute atomic E-state index is 0.108. The Labute approximate surface area is 232 Å². The Bertz CT molecular complexity index is 1670. The maximum atomic E-state index is 13.3. The van der Waals surface area contributed by atoms with Crippen LogP contribution in [0.5, 0.6) is 0 Å². The normalized spacial score (nSPS) is 18.8. The van der Waals surface area contributed by atoms with Crippen LogP contribution in [0.1, 0.15) is 49.9 Å². The van der Waals surface area contributed by atoms with E-state index in [0.717, 1.165) is 77.5 Å². The second kappa shape index (κ2) is 10.2. The lowest BCUT2D eigenvalue weighted by Gasteiger charge is -2.36. The Morgan fingerprint density at radius 3 is 2.70 bits per heavy atom. The quantitative estimate of drug-likeness (QED) is 0.308. The van der Waals surface area contributed by atoms with Crippen molar-refractivity contribution < 1.29 is 13.9 Å². The van der Waals surface area contributed by atoms with E-state index >= 15 is 0 Å². The standard InChI is InChI=1S/C31H34N6O3/c1-20(2)35-11-13-36(14-12-35)31(38)28-19-33-30(40-28)24-16-21(22-6-5-7-26-23(22)9-10-32-26)17-27-25(24)18-34-37(27)29-8-3-4-15-39-29/h5-7,9-10,16-20,29,32H,3-4,8,11-15H2,1-2H3. The van der Waals surface area contributed by atoms with Crippen LogP contribution in [0.3, 0.4) is 0 Å². The molecule has 1 N–H and O–H groups in total. The molecule has 0 bridgehead atoms. The third-order valence-corrected chi connectivity index (χ3v) is 8.33. The van der Waals surface area contributed by atoms with Gasteiger partial charge in [-0.2, -0.15) is 5.10 Å². The summed E-state index contributed by atoms with van der Waals surface area (Å²) < 4.78 is 14.3. The minimum Gasteiger partial charge on any atom is -0.431 e. The van der Waals surface area contributed by atoms with Gasteiger partial charge in [-0.3, -0.25) is 9.69 Å². The topological polar surface area (TPSA) is 92.4 Å². The van der Waals surface area contributed by atoms with Crippen LogP contribution in [0.2, 0.25) is 0 Å². The van der Waals surface area contributed by atoms with Crippen LogP contribution in [-0.4, -0.2) is 74.3 Å². The summed E-state index contributed by atoms with van der Waals surface area (Å²) in [6, 6.07) is 13.1. The van der Waals surface area contributed by atoms with E-state index in [-0.39, 0.29) is 17.9 Å². The summed E-state index contributed by atoms with van der Waals surface area (Å²) in [5, 5.41) is 6.82. The highest BCUT2D eigenvalue weighted by Crippen LogP contribution is 2.38. The number of piperazine rings is 1. The molecule has 0 spiro atoms. The van der Waals surface area contributed by atoms with E-state index in [9.17, 15) is 4.79 Å². The molecule has 40 heavy (non-hydrogen) atoms. The molecule has 0 saturated carbocycles. The summed E-state index contributed by atoms with van der Waals surface area (Å²) in [4.78, 5) is 25.5. The van der Waals surface area contributed by atoms with Crippen molar-refractivity contribution in [2.75, 3.05) is 32.8 Å². The number of fused-ring (bicyclic) bond motifs is 2. The van der Waals surface area contributed by atoms with E-state index < -0.39 is 0 Å². The first-order chi connectivity index (χ1) is 19.6. The molecular formula is C31H34N6O3. The van der Waals surface area contributed by atoms with Gasteiger partial charge in [0.05, 0.1) is 17.9 Å². The highest BCUT2D eigenvalue weighted by Gasteiger charge is 2.27. The molecule has 2 aliphatic heterocycles. The second-order valence-corrected chi connectivity index (χ2v) is 11.1. The van der Waals surface area contributed by atoms with Crippen molar-refractivity contribution in [2.45, 2.75) is 45.4 Å². The molecule has 0 aliphatic carbocycles. The zero-order valence-corrected chi connectivity index (χ0v) is 23.0. The molecular weight excluding hydrogens is 504 g/mol. The van der Waals surface area contributed by atoms with Gasteiger partial charge in [-0.15, -0.1) is 0 Å². The SMILES string of the molecule is CC(C)N1CCN(C(=O)c2cnc(-c3cc(-c4cccc5[nH]ccc45)cc4c3cnn4C3CCCCO3)o2)CC1. The molecule has 5 heterocycles. The monoisotopic (exact) mass is 538 g/mol. The molecule has 2 fully saturated rings. The zero-order chi connectivity index (χ0) is 27.2. The molecule has 7 rings (SSSR count). The van der Waals surface area contributed by atoms with Gasteiger partial charge in [0.2, 0.25) is 11.7 Å². The molecule has 1 unspecified atom stereocenters. The first-order valence-electron chi connectivity index (χ1n) is 14.3. The number of benzene rings is 2. The summed E-state index contributed by atoms with van der Waals surface area (Å²) in [7, 11) is 0. The van der Waals surface area contributed by atoms with E-state index in [0.29, 0.717) is 25.0 Å². The van der Waals surface area contributed by atoms with Gasteiger partial charge in [0.1, 0.15) is 0 Å². The number of rotatable bonds is 5. The van der Waals surface area contributed by atoms with Gasteiger partial charge in [-0.05, 0) is 68.5 Å². The van der Waals surface area contributed by atoms with Crippen LogP contribution >= 0.6 is 0 Å². The Balaban J connectivity index is 1.29. The molecule has 2 aliphatic rings. The van der Waals surface area contributed by atoms with Gasteiger partial charge in [-0.25, -0.2) is 9.67 Å². The van der Waals surface area contributed by atoms with Gasteiger partial charge in [0.25, 0.3) is 5.91 Å². The van der Waals surface area contributed by atoms with E-state index in [2.05, 4.69) is 65.1 Å². The fourth-order valence-electron chi connectivity index (χ4n) is 6.06. The van der Waals surface area contributed by atoms with E-state index in [1.165, 1.54) is 0 Å². The molecule has 5 aromatic rings. The Hall–Kier alpha value is -3.95. The number of ether oxygens (including phenoxy) is 1. The Morgan fingerprint density at radius 1 is 1.02 bits per heavy atom. The summed E-state index contributed by atoms with van der Waals surface area (Å²) in [5.41, 5.74) is 4.98. The summed E-state index contributed by atoms with van der Waals surface area (Å²) in [6.07, 6.45) is 8.38. The van der Waals surface area contributed by atoms with Crippen LogP contribution in [-0.2, 0) is 4.74 Å². The first-order valence-corrected chi connectivity index (χ1v) is 14.3. The fourth-order valence-corrected chi connectivity index (χ4v) is 6.06. The fraction of sp³-hybridized carbons (Fsp3) is 0.387. The lowest BCUT2D eigenvalue weighted by atomic mass is 9.97. The van der Waals surface area contributed by atoms with Crippen molar-refractivity contribution >= 4 is 27.7 Å². The average molecular weight is 539 g/mol. The number of nitrogens with zero attached hydrogens (tertiary/aromatic N) is 5. The molecule has 1 amide bonds. The van der Waals surface area contributed by atoms with Crippen LogP contribution in [0, 0.1) is 0 Å². The molecule has 9 heteroatoms. The number of carbonyl (C=O) groups is 1. The predicted molar refractivity (Wildman–Crippen MR) is 154 cm³/mol. The van der Waals surface area contributed by atoms with Crippen molar-refractivity contribution in [3.05, 3.63) is 60.7 Å². The average Bonchev–Trinajstić information content (AvgIpc) is 3.76. The number of aromatic nitrogens is 4. The van der Waals surface area contributed by atoms with Crippen LogP contribution in [0.4, 0.5) is 0 Å². The third kappa shape index (κ3) is 4.39. The predicted octanol–water partition coefficient (Wildman–Crippen LogP) is 5.70. The van der Waals surface area contributed by atoms with Crippen molar-refractivity contribution in [1.82, 2.24) is 29.5 Å². The highest BCUT2D eigenvalue weighted by molar-refractivity contribution is 6.02. The number of amides is 1. The lowest BCUT2D eigenvalue weighted by Crippen LogP contribution is -2.50. The second-order valence-electron chi connectivity index (χ2n) is 11.1. The molecule has 2 saturated heterocycles. The summed E-state index contributed by atoms with van der Waals surface area (Å²) in [6.45, 7) is 8.20. The Morgan fingerprint density at radius 2 is 1.90 bits per heavy atom. The number of hydrogen-bond acceptors (Lipinski definition) is 6. The van der Waals surface area contributed by atoms with Gasteiger partial charge in [0, 0.05) is 66.9 Å². The van der Waals surface area contributed by atoms with Crippen LogP contribution < -0.4 is 0 Å². The molecule has 0 radical (unpaired) electrons. The largest absolute Gasteiger partial charge is 0.431 e. The zero-order valence-electron chi connectivity index (χ0n) is 23.0. The van der Waals surface area contributed by atoms with Crippen molar-refractivity contribution in [3.8, 4) is 22.6 Å². The Kier molecular flexibility index (Phi) is 6.40. The van der Waals surface area contributed by atoms with Gasteiger partial charge in [0.15, 0.2) is 6.23 Å². The van der Waals surface area contributed by atoms with Gasteiger partial charge >= 0.3 is 0 Å². The van der Waals surface area contributed by atoms with E-state index in [1.54, 1.807) is 6.20 Å². The maximum Gasteiger partial charge on any atom is 0.291 e. The number of aromatic amines is 1. The minimum atomic E-state index is -0.113. The van der Waals surface area contributed by atoms with E-state index in [4.69, 9.17) is 14.3 Å². The van der Waals surface area contributed by atoms with Crippen molar-refractivity contribution in [3.63, 3.8) is 0 Å².